The normalized spacial score (nSPS) is 13.8. The summed E-state index contributed by atoms with van der Waals surface area (Å²) >= 11 is 0. The number of nitrogens with one attached hydrogen (secondary N) is 1. The Kier molecular flexibility index (Phi) is 1.90. The zero-order valence-corrected chi connectivity index (χ0v) is 7.26. The molecule has 64 valence electrons. The molecule has 0 bridgehead atoms. The zero-order valence-electron chi connectivity index (χ0n) is 7.26. The Morgan fingerprint density at radius 1 is 1.50 bits per heavy atom. The maximum atomic E-state index is 5.45. The first-order valence-electron chi connectivity index (χ1n) is 4.40. The molecule has 0 aromatic heterocycles. The van der Waals surface area contributed by atoms with Crippen molar-refractivity contribution in [1.82, 2.24) is 0 Å². The molecule has 0 radical (unpaired) electrons. The van der Waals surface area contributed by atoms with Crippen LogP contribution in [0.2, 0.25) is 0 Å². The molecule has 0 saturated heterocycles. The van der Waals surface area contributed by atoms with Crippen LogP contribution in [0, 0.1) is 0 Å². The molecule has 0 saturated carbocycles. The topological polar surface area (TPSA) is 21.3 Å². The summed E-state index contributed by atoms with van der Waals surface area (Å²) in [6, 6.07) is 6.17. The van der Waals surface area contributed by atoms with Crippen molar-refractivity contribution >= 4 is 5.69 Å². The van der Waals surface area contributed by atoms with E-state index in [0.717, 1.165) is 25.3 Å². The minimum absolute atomic E-state index is 0.831. The largest absolute Gasteiger partial charge is 0.493 e. The first-order chi connectivity index (χ1) is 5.92. The Bertz CT molecular complexity index is 283. The lowest BCUT2D eigenvalue weighted by molar-refractivity contribution is 0.357. The molecule has 1 aliphatic rings. The lowest BCUT2D eigenvalue weighted by atomic mass is 10.1. The lowest BCUT2D eigenvalue weighted by Crippen LogP contribution is -1.98. The number of fused-ring (bicyclic) bond motifs is 1. The van der Waals surface area contributed by atoms with Crippen LogP contribution >= 0.6 is 0 Å². The van der Waals surface area contributed by atoms with Gasteiger partial charge >= 0.3 is 0 Å². The Morgan fingerprint density at radius 3 is 3.25 bits per heavy atom. The van der Waals surface area contributed by atoms with E-state index in [0.29, 0.717) is 0 Å². The maximum Gasteiger partial charge on any atom is 0.124 e. The Morgan fingerprint density at radius 2 is 2.42 bits per heavy atom. The summed E-state index contributed by atoms with van der Waals surface area (Å²) in [5.74, 6) is 1.05. The Labute approximate surface area is 72.5 Å². The molecule has 1 N–H and O–H groups in total. The van der Waals surface area contributed by atoms with E-state index in [1.165, 1.54) is 11.3 Å². The predicted octanol–water partition coefficient (Wildman–Crippen LogP) is 2.05. The van der Waals surface area contributed by atoms with Gasteiger partial charge in [0.2, 0.25) is 0 Å². The van der Waals surface area contributed by atoms with Crippen molar-refractivity contribution < 1.29 is 4.74 Å². The van der Waals surface area contributed by atoms with E-state index in [1.807, 2.05) is 12.1 Å². The molecule has 1 heterocycles. The number of ether oxygens (including phenoxy) is 1. The van der Waals surface area contributed by atoms with Crippen molar-refractivity contribution in [1.29, 1.82) is 0 Å². The molecule has 2 rings (SSSR count). The SMILES string of the molecule is CCNc1cccc2c1CCO2. The minimum Gasteiger partial charge on any atom is -0.493 e. The molecular formula is C10H13NO. The van der Waals surface area contributed by atoms with Gasteiger partial charge in [0.15, 0.2) is 0 Å². The number of hydrogen-bond acceptors (Lipinski definition) is 2. The fraction of sp³-hybridized carbons (Fsp3) is 0.400. The highest BCUT2D eigenvalue weighted by Crippen LogP contribution is 2.31. The second-order valence-corrected chi connectivity index (χ2v) is 2.91. The third-order valence-corrected chi connectivity index (χ3v) is 2.11. The fourth-order valence-corrected chi connectivity index (χ4v) is 1.58. The molecule has 1 aromatic carbocycles. The van der Waals surface area contributed by atoms with Crippen LogP contribution in [0.25, 0.3) is 0 Å². The van der Waals surface area contributed by atoms with Gasteiger partial charge in [-0.15, -0.1) is 0 Å². The van der Waals surface area contributed by atoms with E-state index in [1.54, 1.807) is 0 Å². The minimum atomic E-state index is 0.831. The number of hydrogen-bond donors (Lipinski definition) is 1. The van der Waals surface area contributed by atoms with Crippen molar-refractivity contribution in [2.45, 2.75) is 13.3 Å². The summed E-state index contributed by atoms with van der Waals surface area (Å²) in [4.78, 5) is 0. The second kappa shape index (κ2) is 3.05. The van der Waals surface area contributed by atoms with E-state index in [2.05, 4.69) is 18.3 Å². The van der Waals surface area contributed by atoms with Crippen molar-refractivity contribution in [3.63, 3.8) is 0 Å². The van der Waals surface area contributed by atoms with Gasteiger partial charge in [0, 0.05) is 24.2 Å². The van der Waals surface area contributed by atoms with E-state index in [-0.39, 0.29) is 0 Å². The molecular weight excluding hydrogens is 150 g/mol. The maximum absolute atomic E-state index is 5.45. The summed E-state index contributed by atoms with van der Waals surface area (Å²) in [5, 5.41) is 3.33. The molecule has 1 aromatic rings. The molecule has 2 nitrogen and oxygen atoms in total. The van der Waals surface area contributed by atoms with Gasteiger partial charge in [-0.3, -0.25) is 0 Å². The van der Waals surface area contributed by atoms with Crippen molar-refractivity contribution in [3.8, 4) is 5.75 Å². The highest BCUT2D eigenvalue weighted by Gasteiger charge is 2.14. The van der Waals surface area contributed by atoms with Crippen LogP contribution in [0.1, 0.15) is 12.5 Å². The third kappa shape index (κ3) is 1.13. The van der Waals surface area contributed by atoms with Crippen LogP contribution in [0.15, 0.2) is 18.2 Å². The average Bonchev–Trinajstić information content (AvgIpc) is 2.53. The Balaban J connectivity index is 2.36. The third-order valence-electron chi connectivity index (χ3n) is 2.11. The quantitative estimate of drug-likeness (QED) is 0.720. The standard InChI is InChI=1S/C10H13NO/c1-2-11-9-4-3-5-10-8(9)6-7-12-10/h3-5,11H,2,6-7H2,1H3. The number of rotatable bonds is 2. The van der Waals surface area contributed by atoms with Gasteiger partial charge in [0.25, 0.3) is 0 Å². The average molecular weight is 163 g/mol. The van der Waals surface area contributed by atoms with Gasteiger partial charge in [-0.1, -0.05) is 6.07 Å². The van der Waals surface area contributed by atoms with Gasteiger partial charge in [-0.2, -0.15) is 0 Å². The molecule has 2 heteroatoms. The van der Waals surface area contributed by atoms with Gasteiger partial charge in [0.1, 0.15) is 5.75 Å². The zero-order chi connectivity index (χ0) is 8.39. The highest BCUT2D eigenvalue weighted by molar-refractivity contribution is 5.58. The van der Waals surface area contributed by atoms with E-state index in [4.69, 9.17) is 4.74 Å². The molecule has 0 unspecified atom stereocenters. The summed E-state index contributed by atoms with van der Waals surface area (Å²) in [6.07, 6.45) is 1.04. The first kappa shape index (κ1) is 7.47. The number of benzene rings is 1. The molecule has 0 aliphatic carbocycles. The summed E-state index contributed by atoms with van der Waals surface area (Å²) in [6.45, 7) is 3.91. The fourth-order valence-electron chi connectivity index (χ4n) is 1.58. The van der Waals surface area contributed by atoms with Gasteiger partial charge in [0.05, 0.1) is 6.61 Å². The van der Waals surface area contributed by atoms with Crippen LogP contribution in [-0.2, 0) is 6.42 Å². The lowest BCUT2D eigenvalue weighted by Gasteiger charge is -2.07. The van der Waals surface area contributed by atoms with Crippen LogP contribution in [0.4, 0.5) is 5.69 Å². The van der Waals surface area contributed by atoms with Gasteiger partial charge < -0.3 is 10.1 Å². The van der Waals surface area contributed by atoms with E-state index in [9.17, 15) is 0 Å². The van der Waals surface area contributed by atoms with Gasteiger partial charge in [-0.05, 0) is 19.1 Å². The van der Waals surface area contributed by atoms with Crippen molar-refractivity contribution in [3.05, 3.63) is 23.8 Å². The molecule has 0 spiro atoms. The van der Waals surface area contributed by atoms with Crippen LogP contribution in [0.5, 0.6) is 5.75 Å². The molecule has 0 fully saturated rings. The van der Waals surface area contributed by atoms with Crippen LogP contribution in [0.3, 0.4) is 0 Å². The molecule has 12 heavy (non-hydrogen) atoms. The molecule has 0 amide bonds. The summed E-state index contributed by atoms with van der Waals surface area (Å²) in [5.41, 5.74) is 2.56. The van der Waals surface area contributed by atoms with E-state index >= 15 is 0 Å². The predicted molar refractivity (Wildman–Crippen MR) is 49.8 cm³/mol. The second-order valence-electron chi connectivity index (χ2n) is 2.91. The molecule has 0 atom stereocenters. The molecule has 1 aliphatic heterocycles. The van der Waals surface area contributed by atoms with Gasteiger partial charge in [-0.25, -0.2) is 0 Å². The summed E-state index contributed by atoms with van der Waals surface area (Å²) in [7, 11) is 0. The highest BCUT2D eigenvalue weighted by atomic mass is 16.5. The van der Waals surface area contributed by atoms with Crippen LogP contribution in [-0.4, -0.2) is 13.2 Å². The Hall–Kier alpha value is -1.18. The van der Waals surface area contributed by atoms with E-state index < -0.39 is 0 Å². The summed E-state index contributed by atoms with van der Waals surface area (Å²) < 4.78 is 5.45. The van der Waals surface area contributed by atoms with Crippen LogP contribution < -0.4 is 10.1 Å². The first-order valence-corrected chi connectivity index (χ1v) is 4.40. The smallest absolute Gasteiger partial charge is 0.124 e. The number of anilines is 1. The van der Waals surface area contributed by atoms with Crippen molar-refractivity contribution in [2.24, 2.45) is 0 Å². The van der Waals surface area contributed by atoms with Crippen molar-refractivity contribution in [2.75, 3.05) is 18.5 Å². The monoisotopic (exact) mass is 163 g/mol.